The highest BCUT2D eigenvalue weighted by Crippen LogP contribution is 2.09. The lowest BCUT2D eigenvalue weighted by molar-refractivity contribution is -0.122. The monoisotopic (exact) mass is 273 g/mol. The van der Waals surface area contributed by atoms with Crippen LogP contribution in [-0.4, -0.2) is 37.2 Å². The SMILES string of the molecule is O=C(CCOCC(F)F)NCCc1ccc(O)cc1. The Morgan fingerprint density at radius 1 is 1.32 bits per heavy atom. The van der Waals surface area contributed by atoms with Crippen LogP contribution in [0.4, 0.5) is 8.78 Å². The molecule has 0 heterocycles. The highest BCUT2D eigenvalue weighted by molar-refractivity contribution is 5.75. The zero-order valence-corrected chi connectivity index (χ0v) is 10.4. The number of hydrogen-bond donors (Lipinski definition) is 2. The lowest BCUT2D eigenvalue weighted by atomic mass is 10.1. The molecule has 0 bridgehead atoms. The second-order valence-electron chi connectivity index (χ2n) is 3.98. The Labute approximate surface area is 110 Å². The molecule has 1 aromatic carbocycles. The van der Waals surface area contributed by atoms with E-state index in [9.17, 15) is 13.6 Å². The quantitative estimate of drug-likeness (QED) is 0.709. The van der Waals surface area contributed by atoms with Gasteiger partial charge in [0.2, 0.25) is 5.91 Å². The fourth-order valence-electron chi connectivity index (χ4n) is 1.43. The molecule has 0 spiro atoms. The maximum Gasteiger partial charge on any atom is 0.261 e. The lowest BCUT2D eigenvalue weighted by Crippen LogP contribution is -2.26. The summed E-state index contributed by atoms with van der Waals surface area (Å²) in [7, 11) is 0. The van der Waals surface area contributed by atoms with Crippen LogP contribution in [0.1, 0.15) is 12.0 Å². The van der Waals surface area contributed by atoms with E-state index in [1.54, 1.807) is 24.3 Å². The van der Waals surface area contributed by atoms with Crippen molar-refractivity contribution in [3.63, 3.8) is 0 Å². The average molecular weight is 273 g/mol. The number of phenols is 1. The first-order valence-corrected chi connectivity index (χ1v) is 5.98. The van der Waals surface area contributed by atoms with Gasteiger partial charge in [0.05, 0.1) is 6.61 Å². The first kappa shape index (κ1) is 15.4. The summed E-state index contributed by atoms with van der Waals surface area (Å²) in [5.41, 5.74) is 0.993. The van der Waals surface area contributed by atoms with Crippen LogP contribution in [0.5, 0.6) is 5.75 Å². The molecule has 1 aromatic rings. The van der Waals surface area contributed by atoms with E-state index in [1.807, 2.05) is 0 Å². The van der Waals surface area contributed by atoms with E-state index in [0.29, 0.717) is 13.0 Å². The number of carbonyl (C=O) groups excluding carboxylic acids is 1. The molecule has 0 aliphatic carbocycles. The van der Waals surface area contributed by atoms with Crippen LogP contribution in [0.15, 0.2) is 24.3 Å². The molecule has 0 saturated heterocycles. The van der Waals surface area contributed by atoms with Crippen LogP contribution >= 0.6 is 0 Å². The second kappa shape index (κ2) is 8.42. The molecule has 0 unspecified atom stereocenters. The van der Waals surface area contributed by atoms with Crippen LogP contribution in [0.3, 0.4) is 0 Å². The number of rotatable bonds is 8. The molecule has 0 saturated carbocycles. The molecule has 0 fully saturated rings. The van der Waals surface area contributed by atoms with Crippen LogP contribution in [-0.2, 0) is 16.0 Å². The number of hydrogen-bond acceptors (Lipinski definition) is 3. The van der Waals surface area contributed by atoms with Crippen molar-refractivity contribution in [2.24, 2.45) is 0 Å². The number of halogens is 2. The van der Waals surface area contributed by atoms with E-state index in [4.69, 9.17) is 5.11 Å². The summed E-state index contributed by atoms with van der Waals surface area (Å²) in [6, 6.07) is 6.70. The number of ether oxygens (including phenoxy) is 1. The van der Waals surface area contributed by atoms with Crippen molar-refractivity contribution < 1.29 is 23.4 Å². The van der Waals surface area contributed by atoms with Gasteiger partial charge < -0.3 is 15.2 Å². The van der Waals surface area contributed by atoms with Gasteiger partial charge in [-0.25, -0.2) is 8.78 Å². The van der Waals surface area contributed by atoms with Crippen molar-refractivity contribution in [3.8, 4) is 5.75 Å². The summed E-state index contributed by atoms with van der Waals surface area (Å²) in [6.07, 6.45) is -1.79. The van der Waals surface area contributed by atoms with Gasteiger partial charge in [0.15, 0.2) is 0 Å². The predicted octanol–water partition coefficient (Wildman–Crippen LogP) is 1.72. The Bertz CT molecular complexity index is 382. The van der Waals surface area contributed by atoms with Crippen molar-refractivity contribution in [3.05, 3.63) is 29.8 Å². The molecule has 2 N–H and O–H groups in total. The van der Waals surface area contributed by atoms with Gasteiger partial charge in [0.25, 0.3) is 6.43 Å². The Morgan fingerprint density at radius 2 is 2.00 bits per heavy atom. The summed E-state index contributed by atoms with van der Waals surface area (Å²) in [5.74, 6) is -0.0305. The third-order valence-corrected chi connectivity index (χ3v) is 2.39. The van der Waals surface area contributed by atoms with E-state index < -0.39 is 13.0 Å². The van der Waals surface area contributed by atoms with E-state index in [0.717, 1.165) is 5.56 Å². The van der Waals surface area contributed by atoms with Gasteiger partial charge >= 0.3 is 0 Å². The molecule has 1 amide bonds. The van der Waals surface area contributed by atoms with Gasteiger partial charge in [-0.3, -0.25) is 4.79 Å². The fourth-order valence-corrected chi connectivity index (χ4v) is 1.43. The molecule has 0 aliphatic rings. The third kappa shape index (κ3) is 7.35. The Hall–Kier alpha value is -1.69. The smallest absolute Gasteiger partial charge is 0.261 e. The van der Waals surface area contributed by atoms with E-state index in [-0.39, 0.29) is 24.7 Å². The zero-order valence-electron chi connectivity index (χ0n) is 10.4. The maximum absolute atomic E-state index is 11.7. The Morgan fingerprint density at radius 3 is 2.63 bits per heavy atom. The highest BCUT2D eigenvalue weighted by Gasteiger charge is 2.04. The highest BCUT2D eigenvalue weighted by atomic mass is 19.3. The van der Waals surface area contributed by atoms with Crippen LogP contribution in [0.25, 0.3) is 0 Å². The Kier molecular flexibility index (Phi) is 6.81. The maximum atomic E-state index is 11.7. The standard InChI is InChI=1S/C13H17F2NO3/c14-12(15)9-19-8-6-13(18)16-7-5-10-1-3-11(17)4-2-10/h1-4,12,17H,5-9H2,(H,16,18). The normalized spacial score (nSPS) is 10.7. The number of phenolic OH excluding ortho intramolecular Hbond substituents is 1. The van der Waals surface area contributed by atoms with E-state index in [1.165, 1.54) is 0 Å². The predicted molar refractivity (Wildman–Crippen MR) is 66.3 cm³/mol. The van der Waals surface area contributed by atoms with Crippen LogP contribution in [0.2, 0.25) is 0 Å². The van der Waals surface area contributed by atoms with Crippen molar-refractivity contribution in [2.75, 3.05) is 19.8 Å². The summed E-state index contributed by atoms with van der Waals surface area (Å²) >= 11 is 0. The van der Waals surface area contributed by atoms with E-state index >= 15 is 0 Å². The van der Waals surface area contributed by atoms with E-state index in [2.05, 4.69) is 10.1 Å². The van der Waals surface area contributed by atoms with Gasteiger partial charge in [-0.2, -0.15) is 0 Å². The number of aromatic hydroxyl groups is 1. The first-order valence-electron chi connectivity index (χ1n) is 5.98. The molecular formula is C13H17F2NO3. The largest absolute Gasteiger partial charge is 0.508 e. The van der Waals surface area contributed by atoms with Gasteiger partial charge in [-0.1, -0.05) is 12.1 Å². The van der Waals surface area contributed by atoms with Crippen molar-refractivity contribution in [1.29, 1.82) is 0 Å². The zero-order chi connectivity index (χ0) is 14.1. The average Bonchev–Trinajstić information content (AvgIpc) is 2.37. The number of alkyl halides is 2. The minimum atomic E-state index is -2.50. The molecule has 0 aliphatic heterocycles. The molecule has 0 aromatic heterocycles. The fraction of sp³-hybridized carbons (Fsp3) is 0.462. The van der Waals surface area contributed by atoms with Gasteiger partial charge in [-0.05, 0) is 24.1 Å². The number of amides is 1. The summed E-state index contributed by atoms with van der Waals surface area (Å²) in [6.45, 7) is -0.186. The van der Waals surface area contributed by atoms with Gasteiger partial charge in [0, 0.05) is 13.0 Å². The summed E-state index contributed by atoms with van der Waals surface area (Å²) < 4.78 is 28.1. The van der Waals surface area contributed by atoms with Gasteiger partial charge in [-0.15, -0.1) is 0 Å². The topological polar surface area (TPSA) is 58.6 Å². The molecule has 0 radical (unpaired) electrons. The lowest BCUT2D eigenvalue weighted by Gasteiger charge is -2.06. The second-order valence-corrected chi connectivity index (χ2v) is 3.98. The van der Waals surface area contributed by atoms with Crippen LogP contribution in [0, 0.1) is 0 Å². The van der Waals surface area contributed by atoms with Crippen LogP contribution < -0.4 is 5.32 Å². The van der Waals surface area contributed by atoms with Crippen molar-refractivity contribution in [2.45, 2.75) is 19.3 Å². The molecule has 19 heavy (non-hydrogen) atoms. The first-order chi connectivity index (χ1) is 9.08. The third-order valence-electron chi connectivity index (χ3n) is 2.39. The number of benzene rings is 1. The molecule has 106 valence electrons. The molecule has 4 nitrogen and oxygen atoms in total. The number of carbonyl (C=O) groups is 1. The minimum absolute atomic E-state index is 0.00458. The molecule has 6 heteroatoms. The summed E-state index contributed by atoms with van der Waals surface area (Å²) in [5, 5.41) is 11.8. The summed E-state index contributed by atoms with van der Waals surface area (Å²) in [4.78, 5) is 11.3. The number of nitrogens with one attached hydrogen (secondary N) is 1. The van der Waals surface area contributed by atoms with Gasteiger partial charge in [0.1, 0.15) is 12.4 Å². The van der Waals surface area contributed by atoms with Crippen molar-refractivity contribution in [1.82, 2.24) is 5.32 Å². The molecular weight excluding hydrogens is 256 g/mol. The van der Waals surface area contributed by atoms with Crippen molar-refractivity contribution >= 4 is 5.91 Å². The minimum Gasteiger partial charge on any atom is -0.508 e. The molecule has 1 rings (SSSR count). The molecule has 0 atom stereocenters. The Balaban J connectivity index is 2.08.